The van der Waals surface area contributed by atoms with Gasteiger partial charge >= 0.3 is 5.97 Å². The second kappa shape index (κ2) is 8.62. The molecule has 31 heavy (non-hydrogen) atoms. The van der Waals surface area contributed by atoms with Crippen LogP contribution in [0.15, 0.2) is 64.3 Å². The van der Waals surface area contributed by atoms with Gasteiger partial charge in [0.2, 0.25) is 0 Å². The fourth-order valence-corrected chi connectivity index (χ4v) is 3.96. The summed E-state index contributed by atoms with van der Waals surface area (Å²) in [6, 6.07) is 9.79. The van der Waals surface area contributed by atoms with Gasteiger partial charge in [0, 0.05) is 17.1 Å². The summed E-state index contributed by atoms with van der Waals surface area (Å²) in [6.07, 6.45) is 4.06. The molecule has 0 atom stereocenters. The van der Waals surface area contributed by atoms with Crippen molar-refractivity contribution >= 4 is 40.6 Å². The number of rotatable bonds is 7. The van der Waals surface area contributed by atoms with Crippen molar-refractivity contribution in [2.24, 2.45) is 0 Å². The third kappa shape index (κ3) is 4.44. The molecule has 9 nitrogen and oxygen atoms in total. The van der Waals surface area contributed by atoms with Gasteiger partial charge in [0.05, 0.1) is 28.3 Å². The van der Waals surface area contributed by atoms with Gasteiger partial charge < -0.3 is 19.4 Å². The zero-order valence-electron chi connectivity index (χ0n) is 15.8. The third-order valence-electron chi connectivity index (χ3n) is 4.34. The Hall–Kier alpha value is -3.63. The minimum Gasteiger partial charge on any atom is -0.480 e. The lowest BCUT2D eigenvalue weighted by molar-refractivity contribution is -0.137. The summed E-state index contributed by atoms with van der Waals surface area (Å²) in [6.45, 7) is -0.0925. The standard InChI is InChI=1S/C20H15ClN4O5S/c21-16-4-3-13(31-16)9-22-17-8-15(23-25(17)19(28)12-5-7-30-11-12)14-2-1-6-24(20(14)29)10-18(26)27/h1-8,11,22H,9-10H2,(H,26,27). The van der Waals surface area contributed by atoms with E-state index in [0.29, 0.717) is 16.7 Å². The molecule has 0 fully saturated rings. The Morgan fingerprint density at radius 2 is 2.10 bits per heavy atom. The molecule has 0 aliphatic heterocycles. The highest BCUT2D eigenvalue weighted by Gasteiger charge is 2.20. The van der Waals surface area contributed by atoms with Crippen LogP contribution >= 0.6 is 22.9 Å². The van der Waals surface area contributed by atoms with Crippen molar-refractivity contribution in [1.29, 1.82) is 0 Å². The smallest absolute Gasteiger partial charge is 0.323 e. The average molecular weight is 459 g/mol. The number of nitrogens with zero attached hydrogens (tertiary/aromatic N) is 3. The van der Waals surface area contributed by atoms with Crippen LogP contribution < -0.4 is 10.9 Å². The summed E-state index contributed by atoms with van der Waals surface area (Å²) >= 11 is 7.37. The van der Waals surface area contributed by atoms with Crippen LogP contribution in [0.5, 0.6) is 0 Å². The number of furan rings is 1. The topological polar surface area (TPSA) is 119 Å². The second-order valence-electron chi connectivity index (χ2n) is 6.45. The molecule has 0 saturated heterocycles. The molecule has 4 rings (SSSR count). The monoisotopic (exact) mass is 458 g/mol. The Balaban J connectivity index is 1.73. The Bertz CT molecular complexity index is 1310. The summed E-state index contributed by atoms with van der Waals surface area (Å²) in [5.74, 6) is -1.23. The summed E-state index contributed by atoms with van der Waals surface area (Å²) in [4.78, 5) is 37.6. The molecular formula is C20H15ClN4O5S. The van der Waals surface area contributed by atoms with Crippen LogP contribution in [0.25, 0.3) is 11.3 Å². The Labute approximate surface area is 184 Å². The number of carboxylic acid groups (broad SMARTS) is 1. The number of thiophene rings is 1. The van der Waals surface area contributed by atoms with Crippen LogP contribution in [-0.2, 0) is 17.9 Å². The number of pyridine rings is 1. The van der Waals surface area contributed by atoms with Gasteiger partial charge in [-0.15, -0.1) is 11.3 Å². The number of halogens is 1. The van der Waals surface area contributed by atoms with Gasteiger partial charge in [0.25, 0.3) is 11.5 Å². The predicted molar refractivity (Wildman–Crippen MR) is 115 cm³/mol. The van der Waals surface area contributed by atoms with E-state index < -0.39 is 24.0 Å². The molecule has 0 aliphatic carbocycles. The van der Waals surface area contributed by atoms with E-state index in [-0.39, 0.29) is 16.8 Å². The number of aromatic nitrogens is 3. The highest BCUT2D eigenvalue weighted by atomic mass is 35.5. The number of carboxylic acids is 1. The maximum Gasteiger partial charge on any atom is 0.323 e. The first-order valence-electron chi connectivity index (χ1n) is 8.99. The van der Waals surface area contributed by atoms with Crippen molar-refractivity contribution in [3.8, 4) is 11.3 Å². The molecule has 0 bridgehead atoms. The first kappa shape index (κ1) is 20.6. The summed E-state index contributed by atoms with van der Waals surface area (Å²) < 4.78 is 7.84. The van der Waals surface area contributed by atoms with Crippen LogP contribution in [0, 0.1) is 0 Å². The lowest BCUT2D eigenvalue weighted by Gasteiger charge is -2.06. The van der Waals surface area contributed by atoms with E-state index in [9.17, 15) is 14.4 Å². The molecule has 0 aliphatic rings. The molecule has 0 spiro atoms. The molecule has 2 N–H and O–H groups in total. The van der Waals surface area contributed by atoms with E-state index in [1.54, 1.807) is 18.2 Å². The minimum absolute atomic E-state index is 0.171. The SMILES string of the molecule is O=C(O)Cn1cccc(-c2cc(NCc3ccc(Cl)s3)n(C(=O)c3ccoc3)n2)c1=O. The zero-order chi connectivity index (χ0) is 22.0. The largest absolute Gasteiger partial charge is 0.480 e. The second-order valence-corrected chi connectivity index (χ2v) is 8.25. The van der Waals surface area contributed by atoms with E-state index in [2.05, 4.69) is 10.4 Å². The first-order valence-corrected chi connectivity index (χ1v) is 10.2. The van der Waals surface area contributed by atoms with E-state index in [0.717, 1.165) is 14.1 Å². The molecule has 11 heteroatoms. The van der Waals surface area contributed by atoms with Crippen molar-refractivity contribution < 1.29 is 19.1 Å². The van der Waals surface area contributed by atoms with E-state index in [1.165, 1.54) is 42.2 Å². The lowest BCUT2D eigenvalue weighted by Crippen LogP contribution is -2.24. The zero-order valence-corrected chi connectivity index (χ0v) is 17.4. The van der Waals surface area contributed by atoms with Crippen molar-refractivity contribution in [3.05, 3.63) is 80.3 Å². The molecular weight excluding hydrogens is 444 g/mol. The summed E-state index contributed by atoms with van der Waals surface area (Å²) in [5.41, 5.74) is 0.160. The summed E-state index contributed by atoms with van der Waals surface area (Å²) in [7, 11) is 0. The maximum atomic E-state index is 12.9. The average Bonchev–Trinajstić information content (AvgIpc) is 3.48. The first-order chi connectivity index (χ1) is 14.9. The lowest BCUT2D eigenvalue weighted by atomic mass is 10.2. The van der Waals surface area contributed by atoms with Crippen LogP contribution in [0.3, 0.4) is 0 Å². The maximum absolute atomic E-state index is 12.9. The minimum atomic E-state index is -1.14. The van der Waals surface area contributed by atoms with Gasteiger partial charge in [-0.3, -0.25) is 14.4 Å². The van der Waals surface area contributed by atoms with E-state index >= 15 is 0 Å². The molecule has 158 valence electrons. The number of hydrogen-bond acceptors (Lipinski definition) is 7. The number of carbonyl (C=O) groups is 2. The Morgan fingerprint density at radius 3 is 2.77 bits per heavy atom. The number of aliphatic carboxylic acids is 1. The van der Waals surface area contributed by atoms with Crippen LogP contribution in [0.4, 0.5) is 5.82 Å². The predicted octanol–water partition coefficient (Wildman–Crippen LogP) is 3.40. The van der Waals surface area contributed by atoms with Crippen LogP contribution in [0.1, 0.15) is 15.2 Å². The third-order valence-corrected chi connectivity index (χ3v) is 5.58. The molecule has 4 aromatic heterocycles. The van der Waals surface area contributed by atoms with Gasteiger partial charge in [-0.25, -0.2) is 0 Å². The highest BCUT2D eigenvalue weighted by Crippen LogP contribution is 2.24. The fourth-order valence-electron chi connectivity index (χ4n) is 2.93. The normalized spacial score (nSPS) is 10.9. The van der Waals surface area contributed by atoms with Crippen molar-refractivity contribution in [1.82, 2.24) is 14.3 Å². The van der Waals surface area contributed by atoms with Gasteiger partial charge in [0.1, 0.15) is 24.3 Å². The van der Waals surface area contributed by atoms with Crippen molar-refractivity contribution in [2.75, 3.05) is 5.32 Å². The quantitative estimate of drug-likeness (QED) is 0.435. The molecule has 0 aromatic carbocycles. The van der Waals surface area contributed by atoms with Crippen LogP contribution in [0.2, 0.25) is 4.34 Å². The molecule has 0 radical (unpaired) electrons. The van der Waals surface area contributed by atoms with Gasteiger partial charge in [-0.1, -0.05) is 11.6 Å². The highest BCUT2D eigenvalue weighted by molar-refractivity contribution is 7.16. The summed E-state index contributed by atoms with van der Waals surface area (Å²) in [5, 5.41) is 16.5. The molecule has 0 saturated carbocycles. The van der Waals surface area contributed by atoms with E-state index in [1.807, 2.05) is 6.07 Å². The molecule has 4 heterocycles. The van der Waals surface area contributed by atoms with Gasteiger partial charge in [-0.05, 0) is 30.3 Å². The fraction of sp³-hybridized carbons (Fsp3) is 0.100. The number of carbonyl (C=O) groups excluding carboxylic acids is 1. The van der Waals surface area contributed by atoms with Crippen molar-refractivity contribution in [2.45, 2.75) is 13.1 Å². The Morgan fingerprint density at radius 1 is 1.26 bits per heavy atom. The van der Waals surface area contributed by atoms with Gasteiger partial charge in [0.15, 0.2) is 0 Å². The van der Waals surface area contributed by atoms with E-state index in [4.69, 9.17) is 21.1 Å². The number of hydrogen-bond donors (Lipinski definition) is 2. The number of anilines is 1. The van der Waals surface area contributed by atoms with Crippen LogP contribution in [-0.4, -0.2) is 31.3 Å². The molecule has 0 amide bonds. The molecule has 4 aromatic rings. The Kier molecular flexibility index (Phi) is 5.74. The molecule has 0 unspecified atom stereocenters. The number of nitrogens with one attached hydrogen (secondary N) is 1. The van der Waals surface area contributed by atoms with Crippen molar-refractivity contribution in [3.63, 3.8) is 0 Å². The van der Waals surface area contributed by atoms with Gasteiger partial charge in [-0.2, -0.15) is 9.78 Å².